The van der Waals surface area contributed by atoms with Gasteiger partial charge in [0.15, 0.2) is 0 Å². The van der Waals surface area contributed by atoms with Crippen LogP contribution >= 0.6 is 0 Å². The second-order valence-corrected chi connectivity index (χ2v) is 1.32. The Bertz CT molecular complexity index is 241. The molecule has 8 heteroatoms. The van der Waals surface area contributed by atoms with E-state index in [-0.39, 0.29) is 0 Å². The summed E-state index contributed by atoms with van der Waals surface area (Å²) >= 11 is 0. The average molecular weight is 178 g/mol. The van der Waals surface area contributed by atoms with Gasteiger partial charge in [-0.25, -0.2) is 0 Å². The lowest BCUT2D eigenvalue weighted by Crippen LogP contribution is -2.22. The van der Waals surface area contributed by atoms with Gasteiger partial charge in [0, 0.05) is 0 Å². The van der Waals surface area contributed by atoms with Crippen molar-refractivity contribution in [1.29, 1.82) is 10.5 Å². The Morgan fingerprint density at radius 2 is 1.83 bits per heavy atom. The second kappa shape index (κ2) is 4.16. The Hall–Kier alpha value is -1.80. The van der Waals surface area contributed by atoms with Gasteiger partial charge in [-0.1, -0.05) is 0 Å². The van der Waals surface area contributed by atoms with Gasteiger partial charge < -0.3 is 0 Å². The number of hydrogen-bond donors (Lipinski definition) is 1. The number of alkyl halides is 3. The van der Waals surface area contributed by atoms with E-state index in [1.165, 1.54) is 12.1 Å². The molecule has 0 aliphatic heterocycles. The van der Waals surface area contributed by atoms with Gasteiger partial charge in [0.05, 0.1) is 0 Å². The first-order valence-electron chi connectivity index (χ1n) is 2.37. The van der Waals surface area contributed by atoms with Crippen molar-refractivity contribution in [2.24, 2.45) is 5.10 Å². The van der Waals surface area contributed by atoms with Gasteiger partial charge >= 0.3 is 6.36 Å². The van der Waals surface area contributed by atoms with Crippen LogP contribution in [0.15, 0.2) is 5.10 Å². The third-order valence-electron chi connectivity index (χ3n) is 0.531. The highest BCUT2D eigenvalue weighted by atomic mass is 19.4. The predicted octanol–water partition coefficient (Wildman–Crippen LogP) is 0.431. The molecular weight excluding hydrogens is 177 g/mol. The van der Waals surface area contributed by atoms with Gasteiger partial charge in [0.2, 0.25) is 5.71 Å². The quantitative estimate of drug-likeness (QED) is 0.491. The molecular formula is C4HF3N4O. The molecule has 0 rings (SSSR count). The van der Waals surface area contributed by atoms with Crippen LogP contribution in [-0.2, 0) is 4.84 Å². The maximum absolute atomic E-state index is 11.2. The highest BCUT2D eigenvalue weighted by Gasteiger charge is 2.30. The molecule has 0 amide bonds. The van der Waals surface area contributed by atoms with E-state index in [9.17, 15) is 13.2 Å². The molecule has 0 unspecified atom stereocenters. The molecule has 0 aliphatic rings. The minimum atomic E-state index is -4.90. The number of rotatable bonds is 2. The van der Waals surface area contributed by atoms with Gasteiger partial charge in [0.1, 0.15) is 12.1 Å². The average Bonchev–Trinajstić information content (AvgIpc) is 1.96. The zero-order valence-corrected chi connectivity index (χ0v) is 5.38. The predicted molar refractivity (Wildman–Crippen MR) is 28.9 cm³/mol. The number of nitrogens with zero attached hydrogens (tertiary/aromatic N) is 3. The molecule has 0 radical (unpaired) electrons. The maximum Gasteiger partial charge on any atom is 0.545 e. The fraction of sp³-hybridized carbons (Fsp3) is 0.250. The standard InChI is InChI=1S/C4HF3N4O/c5-4(6,7)12-11-10-3(1-8)2-9/h11H. The Balaban J connectivity index is 3.94. The number of hydrogen-bond acceptors (Lipinski definition) is 5. The molecule has 0 saturated heterocycles. The number of nitriles is 2. The fourth-order valence-electron chi connectivity index (χ4n) is 0.195. The SMILES string of the molecule is N#CC(C#N)=NNOC(F)(F)F. The van der Waals surface area contributed by atoms with Gasteiger partial charge in [-0.3, -0.25) is 0 Å². The number of nitrogens with one attached hydrogen (secondary N) is 1. The highest BCUT2D eigenvalue weighted by molar-refractivity contribution is 6.09. The maximum atomic E-state index is 11.2. The van der Waals surface area contributed by atoms with E-state index in [1.54, 1.807) is 0 Å². The van der Waals surface area contributed by atoms with Crippen LogP contribution in [0, 0.1) is 22.7 Å². The van der Waals surface area contributed by atoms with Crippen molar-refractivity contribution in [2.75, 3.05) is 0 Å². The minimum Gasteiger partial charge on any atom is -0.190 e. The Morgan fingerprint density at radius 1 is 1.33 bits per heavy atom. The summed E-state index contributed by atoms with van der Waals surface area (Å²) in [5.41, 5.74) is 0.281. The summed E-state index contributed by atoms with van der Waals surface area (Å²) in [4.78, 5) is 2.92. The highest BCUT2D eigenvalue weighted by Crippen LogP contribution is 2.13. The van der Waals surface area contributed by atoms with E-state index in [4.69, 9.17) is 10.5 Å². The Kier molecular flexibility index (Phi) is 3.53. The van der Waals surface area contributed by atoms with Gasteiger partial charge in [-0.05, 0) is 0 Å². The summed E-state index contributed by atoms with van der Waals surface area (Å²) in [6.45, 7) is 0. The van der Waals surface area contributed by atoms with Crippen LogP contribution < -0.4 is 5.59 Å². The molecule has 12 heavy (non-hydrogen) atoms. The molecule has 0 spiro atoms. The third-order valence-corrected chi connectivity index (χ3v) is 0.531. The van der Waals surface area contributed by atoms with Crippen LogP contribution in [0.2, 0.25) is 0 Å². The second-order valence-electron chi connectivity index (χ2n) is 1.32. The Labute approximate surface area is 64.6 Å². The van der Waals surface area contributed by atoms with Crippen molar-refractivity contribution in [1.82, 2.24) is 5.59 Å². The zero-order chi connectivity index (χ0) is 9.61. The lowest BCUT2D eigenvalue weighted by molar-refractivity contribution is -0.350. The van der Waals surface area contributed by atoms with Crippen molar-refractivity contribution in [3.05, 3.63) is 0 Å². The monoisotopic (exact) mass is 178 g/mol. The van der Waals surface area contributed by atoms with E-state index in [1.807, 2.05) is 0 Å². The van der Waals surface area contributed by atoms with Gasteiger partial charge in [-0.15, -0.1) is 18.3 Å². The topological polar surface area (TPSA) is 81.2 Å². The summed E-state index contributed by atoms with van der Waals surface area (Å²) in [7, 11) is 0. The Morgan fingerprint density at radius 3 is 2.17 bits per heavy atom. The molecule has 0 bridgehead atoms. The minimum absolute atomic E-state index is 0.765. The molecule has 64 valence electrons. The summed E-state index contributed by atoms with van der Waals surface area (Å²) in [5, 5.41) is 18.6. The van der Waals surface area contributed by atoms with Crippen molar-refractivity contribution < 1.29 is 18.0 Å². The molecule has 0 saturated carbocycles. The van der Waals surface area contributed by atoms with Crippen molar-refractivity contribution in [3.8, 4) is 12.1 Å². The summed E-state index contributed by atoms with van der Waals surface area (Å²) in [5.74, 6) is 0. The molecule has 0 fully saturated rings. The summed E-state index contributed by atoms with van der Waals surface area (Å²) in [6, 6.07) is 2.43. The van der Waals surface area contributed by atoms with Gasteiger partial charge in [-0.2, -0.15) is 21.0 Å². The first-order valence-corrected chi connectivity index (χ1v) is 2.37. The molecule has 0 atom stereocenters. The van der Waals surface area contributed by atoms with Crippen molar-refractivity contribution >= 4 is 5.71 Å². The molecule has 0 heterocycles. The smallest absolute Gasteiger partial charge is 0.190 e. The zero-order valence-electron chi connectivity index (χ0n) is 5.38. The third kappa shape index (κ3) is 5.02. The fourth-order valence-corrected chi connectivity index (χ4v) is 0.195. The molecule has 1 N–H and O–H groups in total. The van der Waals surface area contributed by atoms with Crippen LogP contribution in [0.5, 0.6) is 0 Å². The van der Waals surface area contributed by atoms with Crippen molar-refractivity contribution in [2.45, 2.75) is 6.36 Å². The van der Waals surface area contributed by atoms with E-state index < -0.39 is 12.1 Å². The van der Waals surface area contributed by atoms with E-state index in [2.05, 4.69) is 9.94 Å². The molecule has 0 aromatic rings. The molecule has 5 nitrogen and oxygen atoms in total. The van der Waals surface area contributed by atoms with Crippen LogP contribution in [-0.4, -0.2) is 12.1 Å². The first-order chi connectivity index (χ1) is 5.49. The molecule has 0 aromatic heterocycles. The van der Waals surface area contributed by atoms with E-state index in [0.29, 0.717) is 0 Å². The first kappa shape index (κ1) is 10.2. The van der Waals surface area contributed by atoms with Gasteiger partial charge in [0.25, 0.3) is 0 Å². The molecule has 0 aliphatic carbocycles. The van der Waals surface area contributed by atoms with Crippen LogP contribution in [0.4, 0.5) is 13.2 Å². The lowest BCUT2D eigenvalue weighted by Gasteiger charge is -2.02. The van der Waals surface area contributed by atoms with Crippen LogP contribution in [0.25, 0.3) is 0 Å². The van der Waals surface area contributed by atoms with Crippen LogP contribution in [0.1, 0.15) is 0 Å². The van der Waals surface area contributed by atoms with Crippen molar-refractivity contribution in [3.63, 3.8) is 0 Å². The number of halogens is 3. The summed E-state index contributed by atoms with van der Waals surface area (Å²) in [6.07, 6.45) is -4.90. The van der Waals surface area contributed by atoms with Crippen LogP contribution in [0.3, 0.4) is 0 Å². The summed E-state index contributed by atoms with van der Waals surface area (Å²) < 4.78 is 33.6. The van der Waals surface area contributed by atoms with E-state index >= 15 is 0 Å². The lowest BCUT2D eigenvalue weighted by atomic mass is 10.5. The number of hydrazone groups is 1. The normalized spacial score (nSPS) is 9.42. The van der Waals surface area contributed by atoms with E-state index in [0.717, 1.165) is 5.59 Å². The molecule has 0 aromatic carbocycles. The largest absolute Gasteiger partial charge is 0.545 e.